The van der Waals surface area contributed by atoms with Gasteiger partial charge in [0.1, 0.15) is 0 Å². The van der Waals surface area contributed by atoms with Crippen molar-refractivity contribution < 1.29 is 13.5 Å². The third kappa shape index (κ3) is 3.17. The molecule has 0 spiro atoms. The molecule has 5 heteroatoms. The summed E-state index contributed by atoms with van der Waals surface area (Å²) >= 11 is 0. The van der Waals surface area contributed by atoms with Crippen molar-refractivity contribution in [1.82, 2.24) is 4.31 Å². The molecule has 0 radical (unpaired) electrons. The van der Waals surface area contributed by atoms with E-state index in [1.54, 1.807) is 12.1 Å². The van der Waals surface area contributed by atoms with E-state index >= 15 is 0 Å². The highest BCUT2D eigenvalue weighted by Gasteiger charge is 2.32. The monoisotopic (exact) mass is 331 g/mol. The van der Waals surface area contributed by atoms with Crippen LogP contribution >= 0.6 is 0 Å². The van der Waals surface area contributed by atoms with Gasteiger partial charge in [-0.3, -0.25) is 0 Å². The molecule has 1 unspecified atom stereocenters. The van der Waals surface area contributed by atoms with Gasteiger partial charge in [-0.05, 0) is 36.6 Å². The molecule has 1 aliphatic heterocycles. The van der Waals surface area contributed by atoms with E-state index in [0.29, 0.717) is 24.4 Å². The van der Waals surface area contributed by atoms with Crippen molar-refractivity contribution in [3.63, 3.8) is 0 Å². The summed E-state index contributed by atoms with van der Waals surface area (Å²) in [7, 11) is -3.52. The smallest absolute Gasteiger partial charge is 0.243 e. The van der Waals surface area contributed by atoms with E-state index in [2.05, 4.69) is 0 Å². The molecule has 0 amide bonds. The van der Waals surface area contributed by atoms with Gasteiger partial charge in [-0.2, -0.15) is 4.31 Å². The average Bonchev–Trinajstić information content (AvgIpc) is 2.55. The van der Waals surface area contributed by atoms with Crippen molar-refractivity contribution in [2.75, 3.05) is 13.2 Å². The number of benzene rings is 2. The zero-order valence-corrected chi connectivity index (χ0v) is 14.0. The molecule has 23 heavy (non-hydrogen) atoms. The molecular formula is C18H21NO3S. The molecule has 2 aromatic rings. The second-order valence-corrected chi connectivity index (χ2v) is 7.96. The van der Waals surface area contributed by atoms with Gasteiger partial charge in [-0.15, -0.1) is 0 Å². The van der Waals surface area contributed by atoms with E-state index in [1.165, 1.54) is 4.31 Å². The highest BCUT2D eigenvalue weighted by Crippen LogP contribution is 2.33. The summed E-state index contributed by atoms with van der Waals surface area (Å²) in [5, 5.41) is 9.31. The zero-order chi connectivity index (χ0) is 16.4. The lowest BCUT2D eigenvalue weighted by Gasteiger charge is -2.33. The standard InChI is InChI=1S/C18H21NO3S/c1-14-6-8-17(9-7-14)23(21,22)19-12-15-4-2-3-5-18(15)16(13-19)10-11-20/h2-9,16,20H,10-13H2,1H3. The maximum absolute atomic E-state index is 12.9. The van der Waals surface area contributed by atoms with Crippen molar-refractivity contribution >= 4 is 10.0 Å². The van der Waals surface area contributed by atoms with Crippen LogP contribution in [0, 0.1) is 6.92 Å². The summed E-state index contributed by atoms with van der Waals surface area (Å²) in [6.07, 6.45) is 0.566. The predicted molar refractivity (Wildman–Crippen MR) is 89.7 cm³/mol. The zero-order valence-electron chi connectivity index (χ0n) is 13.1. The minimum absolute atomic E-state index is 0.0326. The lowest BCUT2D eigenvalue weighted by molar-refractivity contribution is 0.254. The molecule has 122 valence electrons. The Morgan fingerprint density at radius 1 is 1.13 bits per heavy atom. The molecule has 0 saturated heterocycles. The van der Waals surface area contributed by atoms with Crippen LogP contribution in [0.2, 0.25) is 0 Å². The Labute approximate surface area is 137 Å². The van der Waals surface area contributed by atoms with E-state index in [4.69, 9.17) is 0 Å². The number of aliphatic hydroxyl groups is 1. The molecule has 1 heterocycles. The van der Waals surface area contributed by atoms with Crippen LogP contribution in [0.15, 0.2) is 53.4 Å². The Morgan fingerprint density at radius 3 is 2.52 bits per heavy atom. The topological polar surface area (TPSA) is 57.6 Å². The van der Waals surface area contributed by atoms with Gasteiger partial charge in [0.2, 0.25) is 10.0 Å². The van der Waals surface area contributed by atoms with Gasteiger partial charge in [0.15, 0.2) is 0 Å². The number of nitrogens with zero attached hydrogens (tertiary/aromatic N) is 1. The van der Waals surface area contributed by atoms with Crippen molar-refractivity contribution in [1.29, 1.82) is 0 Å². The van der Waals surface area contributed by atoms with Gasteiger partial charge in [0.05, 0.1) is 4.90 Å². The Bertz CT molecular complexity index is 784. The lowest BCUT2D eigenvalue weighted by Crippen LogP contribution is -2.38. The van der Waals surface area contributed by atoms with Gasteiger partial charge in [0, 0.05) is 25.6 Å². The van der Waals surface area contributed by atoms with Gasteiger partial charge in [-0.1, -0.05) is 42.0 Å². The van der Waals surface area contributed by atoms with Gasteiger partial charge >= 0.3 is 0 Å². The maximum atomic E-state index is 12.9. The van der Waals surface area contributed by atoms with Crippen molar-refractivity contribution in [2.45, 2.75) is 30.7 Å². The van der Waals surface area contributed by atoms with E-state index < -0.39 is 10.0 Å². The summed E-state index contributed by atoms with van der Waals surface area (Å²) in [6.45, 7) is 2.78. The van der Waals surface area contributed by atoms with E-state index in [-0.39, 0.29) is 12.5 Å². The SMILES string of the molecule is Cc1ccc(S(=O)(=O)N2Cc3ccccc3C(CCO)C2)cc1. The minimum Gasteiger partial charge on any atom is -0.396 e. The summed E-state index contributed by atoms with van der Waals surface area (Å²) in [5.74, 6) is 0.0326. The molecule has 3 rings (SSSR count). The summed E-state index contributed by atoms with van der Waals surface area (Å²) in [6, 6.07) is 14.8. The van der Waals surface area contributed by atoms with Crippen molar-refractivity contribution in [3.05, 3.63) is 65.2 Å². The van der Waals surface area contributed by atoms with Crippen LogP contribution in [0.1, 0.15) is 29.0 Å². The minimum atomic E-state index is -3.52. The number of rotatable bonds is 4. The molecule has 0 saturated carbocycles. The fourth-order valence-corrected chi connectivity index (χ4v) is 4.58. The first-order valence-electron chi connectivity index (χ1n) is 7.78. The number of aryl methyl sites for hydroxylation is 1. The molecule has 2 aromatic carbocycles. The largest absolute Gasteiger partial charge is 0.396 e. The number of fused-ring (bicyclic) bond motifs is 1. The summed E-state index contributed by atoms with van der Waals surface area (Å²) < 4.78 is 27.4. The van der Waals surface area contributed by atoms with E-state index in [9.17, 15) is 13.5 Å². The van der Waals surface area contributed by atoms with Crippen LogP contribution in [0.5, 0.6) is 0 Å². The summed E-state index contributed by atoms with van der Waals surface area (Å²) in [5.41, 5.74) is 3.20. The highest BCUT2D eigenvalue weighted by atomic mass is 32.2. The molecular weight excluding hydrogens is 310 g/mol. The molecule has 0 fully saturated rings. The first-order valence-corrected chi connectivity index (χ1v) is 9.22. The molecule has 1 N–H and O–H groups in total. The maximum Gasteiger partial charge on any atom is 0.243 e. The summed E-state index contributed by atoms with van der Waals surface area (Å²) in [4.78, 5) is 0.324. The van der Waals surface area contributed by atoms with Crippen LogP contribution in [0.3, 0.4) is 0 Å². The molecule has 1 aliphatic rings. The van der Waals surface area contributed by atoms with E-state index in [1.807, 2.05) is 43.3 Å². The highest BCUT2D eigenvalue weighted by molar-refractivity contribution is 7.89. The average molecular weight is 331 g/mol. The van der Waals surface area contributed by atoms with Gasteiger partial charge in [0.25, 0.3) is 0 Å². The van der Waals surface area contributed by atoms with Crippen LogP contribution in [-0.2, 0) is 16.6 Å². The first-order chi connectivity index (χ1) is 11.0. The number of hydrogen-bond acceptors (Lipinski definition) is 3. The Hall–Kier alpha value is -1.69. The normalized spacial score (nSPS) is 18.6. The van der Waals surface area contributed by atoms with Crippen LogP contribution in [0.4, 0.5) is 0 Å². The molecule has 0 bridgehead atoms. The lowest BCUT2D eigenvalue weighted by atomic mass is 9.89. The molecule has 1 atom stereocenters. The Morgan fingerprint density at radius 2 is 1.83 bits per heavy atom. The van der Waals surface area contributed by atoms with Crippen LogP contribution < -0.4 is 0 Å². The fraction of sp³-hybridized carbons (Fsp3) is 0.333. The quantitative estimate of drug-likeness (QED) is 0.937. The van der Waals surface area contributed by atoms with Crippen LogP contribution in [0.25, 0.3) is 0 Å². The van der Waals surface area contributed by atoms with E-state index in [0.717, 1.165) is 16.7 Å². The van der Waals surface area contributed by atoms with Crippen molar-refractivity contribution in [2.24, 2.45) is 0 Å². The third-order valence-corrected chi connectivity index (χ3v) is 6.23. The van der Waals surface area contributed by atoms with Crippen LogP contribution in [-0.4, -0.2) is 31.0 Å². The number of hydrogen-bond donors (Lipinski definition) is 1. The Balaban J connectivity index is 1.96. The number of sulfonamides is 1. The van der Waals surface area contributed by atoms with Gasteiger partial charge < -0.3 is 5.11 Å². The first kappa shape index (κ1) is 16.2. The Kier molecular flexibility index (Phi) is 4.53. The number of aliphatic hydroxyl groups excluding tert-OH is 1. The molecule has 0 aromatic heterocycles. The molecule has 0 aliphatic carbocycles. The van der Waals surface area contributed by atoms with Crippen molar-refractivity contribution in [3.8, 4) is 0 Å². The molecule has 4 nitrogen and oxygen atoms in total. The predicted octanol–water partition coefficient (Wildman–Crippen LogP) is 2.67. The van der Waals surface area contributed by atoms with Gasteiger partial charge in [-0.25, -0.2) is 8.42 Å². The third-order valence-electron chi connectivity index (χ3n) is 4.40. The second kappa shape index (κ2) is 6.43. The second-order valence-electron chi connectivity index (χ2n) is 6.02. The fourth-order valence-electron chi connectivity index (χ4n) is 3.12.